The van der Waals surface area contributed by atoms with E-state index in [4.69, 9.17) is 4.99 Å². The summed E-state index contributed by atoms with van der Waals surface area (Å²) in [5.41, 5.74) is 0. The minimum Gasteiger partial charge on any atom is -0.298 e. The van der Waals surface area contributed by atoms with Gasteiger partial charge in [-0.2, -0.15) is 0 Å². The van der Waals surface area contributed by atoms with Crippen LogP contribution in [0.25, 0.3) is 0 Å². The Bertz CT molecular complexity index is 432. The standard InChI is InChI=1S/C27H55NSi2/c1-7-20-29(21-8-2,22-9-3)26-16-14-13-15-18-28-19-17-27-30(23-10-4,24-11-5)25-12-6/h7,10,19H,1,4,8-9,11-18,20-27H2,2-3,5-6H3. The Kier molecular flexibility index (Phi) is 19.0. The van der Waals surface area contributed by atoms with Gasteiger partial charge in [-0.05, 0) is 31.1 Å². The van der Waals surface area contributed by atoms with Crippen molar-refractivity contribution in [3.8, 4) is 0 Å². The summed E-state index contributed by atoms with van der Waals surface area (Å²) in [7, 11) is -2.20. The summed E-state index contributed by atoms with van der Waals surface area (Å²) >= 11 is 0. The zero-order valence-corrected chi connectivity index (χ0v) is 23.3. The molecule has 0 aliphatic rings. The average Bonchev–Trinajstić information content (AvgIpc) is 2.70. The highest BCUT2D eigenvalue weighted by Gasteiger charge is 2.29. The molecule has 0 aromatic rings. The van der Waals surface area contributed by atoms with Crippen LogP contribution in [0.15, 0.2) is 30.3 Å². The summed E-state index contributed by atoms with van der Waals surface area (Å²) in [5, 5.41) is 0. The van der Waals surface area contributed by atoms with E-state index in [-0.39, 0.29) is 0 Å². The summed E-state index contributed by atoms with van der Waals surface area (Å²) in [4.78, 5) is 4.76. The van der Waals surface area contributed by atoms with Crippen molar-refractivity contribution in [2.75, 3.05) is 6.54 Å². The first-order valence-corrected chi connectivity index (χ1v) is 18.9. The van der Waals surface area contributed by atoms with E-state index in [1.54, 1.807) is 0 Å². The molecule has 0 amide bonds. The zero-order valence-electron chi connectivity index (χ0n) is 21.3. The van der Waals surface area contributed by atoms with E-state index in [2.05, 4.69) is 59.2 Å². The fourth-order valence-electron chi connectivity index (χ4n) is 5.71. The molecular weight excluding hydrogens is 394 g/mol. The van der Waals surface area contributed by atoms with Gasteiger partial charge in [-0.25, -0.2) is 0 Å². The lowest BCUT2D eigenvalue weighted by atomic mass is 10.2. The second kappa shape index (κ2) is 19.3. The van der Waals surface area contributed by atoms with Crippen molar-refractivity contribution in [2.45, 2.75) is 134 Å². The van der Waals surface area contributed by atoms with Crippen LogP contribution in [0.3, 0.4) is 0 Å². The first-order valence-electron chi connectivity index (χ1n) is 13.3. The van der Waals surface area contributed by atoms with Gasteiger partial charge in [0.05, 0.1) is 16.1 Å². The molecule has 0 saturated carbocycles. The largest absolute Gasteiger partial charge is 0.298 e. The molecule has 1 nitrogen and oxygen atoms in total. The van der Waals surface area contributed by atoms with Crippen LogP contribution in [-0.2, 0) is 0 Å². The van der Waals surface area contributed by atoms with Crippen molar-refractivity contribution >= 4 is 22.4 Å². The molecule has 0 fully saturated rings. The van der Waals surface area contributed by atoms with E-state index in [0.29, 0.717) is 0 Å². The van der Waals surface area contributed by atoms with E-state index in [1.807, 2.05) is 0 Å². The van der Waals surface area contributed by atoms with Gasteiger partial charge in [0.1, 0.15) is 0 Å². The molecule has 0 heterocycles. The third-order valence-corrected chi connectivity index (χ3v) is 18.3. The maximum atomic E-state index is 4.76. The molecule has 0 aromatic carbocycles. The lowest BCUT2D eigenvalue weighted by Gasteiger charge is -2.30. The molecule has 0 spiro atoms. The molecule has 0 aromatic heterocycles. The summed E-state index contributed by atoms with van der Waals surface area (Å²) in [6, 6.07) is 11.5. The minimum absolute atomic E-state index is 1.04. The first-order chi connectivity index (χ1) is 14.6. The highest BCUT2D eigenvalue weighted by atomic mass is 28.3. The van der Waals surface area contributed by atoms with Crippen LogP contribution in [0.1, 0.15) is 85.5 Å². The number of hydrogen-bond donors (Lipinski definition) is 0. The van der Waals surface area contributed by atoms with Gasteiger partial charge in [0, 0.05) is 6.54 Å². The van der Waals surface area contributed by atoms with Gasteiger partial charge < -0.3 is 0 Å². The monoisotopic (exact) mass is 449 g/mol. The second-order valence-corrected chi connectivity index (χ2v) is 19.6. The summed E-state index contributed by atoms with van der Waals surface area (Å²) in [6.45, 7) is 18.6. The van der Waals surface area contributed by atoms with E-state index in [9.17, 15) is 0 Å². The highest BCUT2D eigenvalue weighted by molar-refractivity contribution is 6.80. The maximum absolute atomic E-state index is 4.76. The Morgan fingerprint density at radius 3 is 1.53 bits per heavy atom. The molecule has 0 aliphatic carbocycles. The Balaban J connectivity index is 4.15. The number of unbranched alkanes of at least 4 members (excludes halogenated alkanes) is 3. The smallest absolute Gasteiger partial charge is 0.0576 e. The fraction of sp³-hybridized carbons (Fsp3) is 0.815. The molecular formula is C27H55NSi2. The molecule has 3 heteroatoms. The Morgan fingerprint density at radius 1 is 0.600 bits per heavy atom. The molecule has 0 rings (SSSR count). The van der Waals surface area contributed by atoms with Crippen LogP contribution in [0.2, 0.25) is 48.4 Å². The molecule has 0 bridgehead atoms. The van der Waals surface area contributed by atoms with Crippen LogP contribution in [0, 0.1) is 0 Å². The maximum Gasteiger partial charge on any atom is 0.0576 e. The highest BCUT2D eigenvalue weighted by Crippen LogP contribution is 2.32. The van der Waals surface area contributed by atoms with Gasteiger partial charge in [0.15, 0.2) is 0 Å². The lowest BCUT2D eigenvalue weighted by molar-refractivity contribution is 0.668. The van der Waals surface area contributed by atoms with Crippen molar-refractivity contribution in [1.82, 2.24) is 0 Å². The Labute approximate surface area is 193 Å². The molecule has 0 saturated heterocycles. The fourth-order valence-corrected chi connectivity index (χ4v) is 15.6. The molecule has 176 valence electrons. The van der Waals surface area contributed by atoms with Gasteiger partial charge in [0.25, 0.3) is 0 Å². The van der Waals surface area contributed by atoms with E-state index in [1.165, 1.54) is 106 Å². The van der Waals surface area contributed by atoms with Crippen LogP contribution < -0.4 is 0 Å². The second-order valence-electron chi connectivity index (χ2n) is 9.78. The van der Waals surface area contributed by atoms with Crippen molar-refractivity contribution in [2.24, 2.45) is 4.99 Å². The molecule has 0 N–H and O–H groups in total. The Morgan fingerprint density at radius 2 is 1.07 bits per heavy atom. The predicted molar refractivity (Wildman–Crippen MR) is 148 cm³/mol. The van der Waals surface area contributed by atoms with Crippen molar-refractivity contribution < 1.29 is 0 Å². The summed E-state index contributed by atoms with van der Waals surface area (Å²) in [5.74, 6) is 0. The number of hydrogen-bond acceptors (Lipinski definition) is 1. The van der Waals surface area contributed by atoms with Crippen molar-refractivity contribution in [3.05, 3.63) is 25.3 Å². The summed E-state index contributed by atoms with van der Waals surface area (Å²) in [6.07, 6.45) is 18.7. The van der Waals surface area contributed by atoms with Gasteiger partial charge in [-0.1, -0.05) is 121 Å². The average molecular weight is 450 g/mol. The topological polar surface area (TPSA) is 12.4 Å². The lowest BCUT2D eigenvalue weighted by Crippen LogP contribution is -2.32. The molecule has 0 radical (unpaired) electrons. The van der Waals surface area contributed by atoms with Crippen molar-refractivity contribution in [3.63, 3.8) is 0 Å². The number of allylic oxidation sites excluding steroid dienone is 2. The zero-order chi connectivity index (χ0) is 22.6. The van der Waals surface area contributed by atoms with E-state index < -0.39 is 16.1 Å². The van der Waals surface area contributed by atoms with Gasteiger partial charge in [-0.15, -0.1) is 13.2 Å². The van der Waals surface area contributed by atoms with E-state index >= 15 is 0 Å². The minimum atomic E-state index is -1.13. The van der Waals surface area contributed by atoms with Gasteiger partial charge >= 0.3 is 0 Å². The molecule has 0 aliphatic heterocycles. The van der Waals surface area contributed by atoms with E-state index in [0.717, 1.165) is 6.54 Å². The van der Waals surface area contributed by atoms with Crippen LogP contribution >= 0.6 is 0 Å². The van der Waals surface area contributed by atoms with Crippen LogP contribution in [0.5, 0.6) is 0 Å². The van der Waals surface area contributed by atoms with Crippen LogP contribution in [-0.4, -0.2) is 28.9 Å². The third kappa shape index (κ3) is 13.1. The SMILES string of the molecule is C=CC[Si](CCC)(CCC)CCC=NCCCCCC[Si](CC=C)(CCC)CCC. The van der Waals surface area contributed by atoms with Crippen molar-refractivity contribution in [1.29, 1.82) is 0 Å². The van der Waals surface area contributed by atoms with Gasteiger partial charge in [-0.3, -0.25) is 4.99 Å². The number of rotatable bonds is 22. The third-order valence-electron chi connectivity index (χ3n) is 6.95. The van der Waals surface area contributed by atoms with Gasteiger partial charge in [0.2, 0.25) is 0 Å². The Hall–Kier alpha value is -0.416. The first kappa shape index (κ1) is 29.6. The number of nitrogens with zero attached hydrogens (tertiary/aromatic N) is 1. The molecule has 0 atom stereocenters. The molecule has 30 heavy (non-hydrogen) atoms. The molecule has 0 unspecified atom stereocenters. The summed E-state index contributed by atoms with van der Waals surface area (Å²) < 4.78 is 0. The quantitative estimate of drug-likeness (QED) is 0.0674. The predicted octanol–water partition coefficient (Wildman–Crippen LogP) is 9.92. The number of aliphatic imine (C=N–C) groups is 1. The van der Waals surface area contributed by atoms with Crippen LogP contribution in [0.4, 0.5) is 0 Å². The normalized spacial score (nSPS) is 12.5.